The van der Waals surface area contributed by atoms with E-state index in [9.17, 15) is 0 Å². The third-order valence-corrected chi connectivity index (χ3v) is 0.822. The molecule has 0 aromatic heterocycles. The monoisotopic (exact) mass is 152 g/mol. The van der Waals surface area contributed by atoms with Gasteiger partial charge in [0.2, 0.25) is 0 Å². The molecule has 0 rings (SSSR count). The maximum atomic E-state index is 9.16. The second-order valence-electron chi connectivity index (χ2n) is 0.483. The molecule has 0 aliphatic heterocycles. The van der Waals surface area contributed by atoms with Gasteiger partial charge in [0.05, 0.1) is 0 Å². The first-order valence-electron chi connectivity index (χ1n) is 0.849. The molecule has 7 heteroatoms. The number of rotatable bonds is 1. The summed E-state index contributed by atoms with van der Waals surface area (Å²) in [7, 11) is -4.44. The average Bonchev–Trinajstić information content (AvgIpc) is 1.35. The van der Waals surface area contributed by atoms with Crippen LogP contribution in [0.2, 0.25) is 0 Å². The molecule has 0 heterocycles. The Kier molecular flexibility index (Phi) is 6.54. The molecule has 0 saturated heterocycles. The van der Waals surface area contributed by atoms with Gasteiger partial charge in [0.1, 0.15) is 11.1 Å². The van der Waals surface area contributed by atoms with Crippen LogP contribution in [-0.2, 0) is 9.15 Å². The van der Waals surface area contributed by atoms with Gasteiger partial charge in [-0.15, -0.1) is 0 Å². The third-order valence-electron chi connectivity index (χ3n) is 0.0913. The zero-order chi connectivity index (χ0) is 5.21. The summed E-state index contributed by atoms with van der Waals surface area (Å²) in [6.07, 6.45) is 0. The van der Waals surface area contributed by atoms with Crippen LogP contribution in [0.25, 0.3) is 0 Å². The van der Waals surface area contributed by atoms with Gasteiger partial charge in [0.25, 0.3) is 0 Å². The van der Waals surface area contributed by atoms with Crippen LogP contribution < -0.4 is 29.6 Å². The Hall–Kier alpha value is 1.22. The summed E-state index contributed by atoms with van der Waals surface area (Å²) in [5.41, 5.74) is 0. The molecule has 0 bridgehead atoms. The summed E-state index contributed by atoms with van der Waals surface area (Å²) in [4.78, 5) is 0. The van der Waals surface area contributed by atoms with Gasteiger partial charge in [0.15, 0.2) is 9.15 Å². The van der Waals surface area contributed by atoms with Crippen LogP contribution in [0.15, 0.2) is 0 Å². The van der Waals surface area contributed by atoms with Gasteiger partial charge in [-0.25, -0.2) is 8.42 Å². The second kappa shape index (κ2) is 4.13. The van der Waals surface area contributed by atoms with Crippen LogP contribution in [0.1, 0.15) is 0 Å². The van der Waals surface area contributed by atoms with E-state index in [1.54, 1.807) is 0 Å². The van der Waals surface area contributed by atoms with E-state index < -0.39 is 20.2 Å². The summed E-state index contributed by atoms with van der Waals surface area (Å²) in [5, 5.41) is 0. The largest absolute Gasteiger partial charge is 1.00 e. The minimum atomic E-state index is -4.44. The molecule has 0 aliphatic carbocycles. The Morgan fingerprint density at radius 3 is 1.71 bits per heavy atom. The van der Waals surface area contributed by atoms with Gasteiger partial charge in [-0.3, -0.25) is 0 Å². The van der Waals surface area contributed by atoms with Crippen LogP contribution in [0.5, 0.6) is 0 Å². The van der Waals surface area contributed by atoms with Crippen molar-refractivity contribution in [3.8, 4) is 0 Å². The van der Waals surface area contributed by atoms with Crippen LogP contribution >= 0.6 is 11.1 Å². The molecule has 0 fully saturated rings. The SMILES string of the molecule is O=S(=O)([O-])SO.[Na+]. The molecule has 0 aromatic rings. The quantitative estimate of drug-likeness (QED) is 0.184. The Labute approximate surface area is 66.9 Å². The molecule has 1 N–H and O–H groups in total. The topological polar surface area (TPSA) is 77.4 Å². The minimum Gasteiger partial charge on any atom is -0.738 e. The van der Waals surface area contributed by atoms with E-state index in [4.69, 9.17) is 17.5 Å². The molecule has 0 amide bonds. The Balaban J connectivity index is 0. The predicted molar refractivity (Wildman–Crippen MR) is 19.9 cm³/mol. The van der Waals surface area contributed by atoms with Crippen LogP contribution in [0.4, 0.5) is 0 Å². The van der Waals surface area contributed by atoms with E-state index >= 15 is 0 Å². The van der Waals surface area contributed by atoms with Crippen molar-refractivity contribution < 1.29 is 47.1 Å². The van der Waals surface area contributed by atoms with Crippen molar-refractivity contribution >= 4 is 20.2 Å². The maximum Gasteiger partial charge on any atom is 1.00 e. The maximum absolute atomic E-state index is 9.16. The van der Waals surface area contributed by atoms with E-state index in [1.807, 2.05) is 0 Å². The Morgan fingerprint density at radius 1 is 1.57 bits per heavy atom. The van der Waals surface area contributed by atoms with Gasteiger partial charge in [0, 0.05) is 0 Å². The first kappa shape index (κ1) is 11.1. The second-order valence-corrected chi connectivity index (χ2v) is 3.12. The molecular weight excluding hydrogens is 151 g/mol. The van der Waals surface area contributed by atoms with Crippen molar-refractivity contribution in [1.82, 2.24) is 0 Å². The molecule has 0 saturated carbocycles. The van der Waals surface area contributed by atoms with E-state index in [1.165, 1.54) is 0 Å². The van der Waals surface area contributed by atoms with Crippen molar-refractivity contribution in [3.63, 3.8) is 0 Å². The number of hydrogen-bond donors (Lipinski definition) is 1. The summed E-state index contributed by atoms with van der Waals surface area (Å²) in [5.74, 6) is 0. The summed E-state index contributed by atoms with van der Waals surface area (Å²) in [6, 6.07) is 0. The van der Waals surface area contributed by atoms with Crippen molar-refractivity contribution in [1.29, 1.82) is 0 Å². The first-order chi connectivity index (χ1) is 2.56. The van der Waals surface area contributed by atoms with Crippen LogP contribution in [0, 0.1) is 0 Å². The van der Waals surface area contributed by atoms with E-state index in [0.717, 1.165) is 0 Å². The zero-order valence-corrected chi connectivity index (χ0v) is 7.12. The molecule has 4 nitrogen and oxygen atoms in total. The molecule has 38 valence electrons. The molecule has 0 spiro atoms. The molecule has 0 radical (unpaired) electrons. The zero-order valence-electron chi connectivity index (χ0n) is 3.49. The van der Waals surface area contributed by atoms with E-state index in [-0.39, 0.29) is 29.6 Å². The summed E-state index contributed by atoms with van der Waals surface area (Å²) in [6.45, 7) is 0. The molecule has 0 aromatic carbocycles. The standard InChI is InChI=1S/Na.H2O4S2/c;1-5-6(2,3)4/h;1H,(H,2,3,4)/q+1;/p-1. The fraction of sp³-hybridized carbons (Fsp3) is 0. The van der Waals surface area contributed by atoms with E-state index in [0.29, 0.717) is 0 Å². The smallest absolute Gasteiger partial charge is 0.738 e. The van der Waals surface area contributed by atoms with E-state index in [2.05, 4.69) is 0 Å². The van der Waals surface area contributed by atoms with Gasteiger partial charge in [-0.2, -0.15) is 0 Å². The first-order valence-corrected chi connectivity index (χ1v) is 3.55. The fourth-order valence-electron chi connectivity index (χ4n) is 0. The number of hydrogen-bond acceptors (Lipinski definition) is 5. The van der Waals surface area contributed by atoms with Crippen LogP contribution in [0.3, 0.4) is 0 Å². The summed E-state index contributed by atoms with van der Waals surface area (Å²) < 4.78 is 34.9. The Bertz CT molecular complexity index is 112. The molecule has 0 aliphatic rings. The van der Waals surface area contributed by atoms with Crippen molar-refractivity contribution in [3.05, 3.63) is 0 Å². The van der Waals surface area contributed by atoms with Crippen molar-refractivity contribution in [2.24, 2.45) is 0 Å². The molecule has 7 heavy (non-hydrogen) atoms. The van der Waals surface area contributed by atoms with Gasteiger partial charge < -0.3 is 9.11 Å². The van der Waals surface area contributed by atoms with Crippen molar-refractivity contribution in [2.45, 2.75) is 0 Å². The predicted octanol–water partition coefficient (Wildman–Crippen LogP) is -3.34. The molecule has 0 atom stereocenters. The fourth-order valence-corrected chi connectivity index (χ4v) is 0. The summed E-state index contributed by atoms with van der Waals surface area (Å²) >= 11 is -0.701. The Morgan fingerprint density at radius 2 is 1.71 bits per heavy atom. The van der Waals surface area contributed by atoms with Gasteiger partial charge in [-0.05, 0) is 0 Å². The van der Waals surface area contributed by atoms with Gasteiger partial charge >= 0.3 is 29.6 Å². The molecule has 0 unspecified atom stereocenters. The minimum absolute atomic E-state index is 0. The van der Waals surface area contributed by atoms with Crippen LogP contribution in [-0.4, -0.2) is 17.5 Å². The average molecular weight is 152 g/mol. The normalized spacial score (nSPS) is 10.0. The van der Waals surface area contributed by atoms with Gasteiger partial charge in [-0.1, -0.05) is 0 Å². The third kappa shape index (κ3) is 11.0. The molecular formula is HNaO4S2. The van der Waals surface area contributed by atoms with Crippen molar-refractivity contribution in [2.75, 3.05) is 0 Å².